The average Bonchev–Trinajstić information content (AvgIpc) is 2.76. The topological polar surface area (TPSA) is 87.4 Å². The van der Waals surface area contributed by atoms with E-state index in [9.17, 15) is 4.79 Å². The third-order valence-electron chi connectivity index (χ3n) is 2.80. The van der Waals surface area contributed by atoms with E-state index in [1.54, 1.807) is 6.07 Å². The second-order valence-electron chi connectivity index (χ2n) is 5.54. The predicted octanol–water partition coefficient (Wildman–Crippen LogP) is 2.25. The number of nitrogens with one attached hydrogen (secondary N) is 2. The lowest BCUT2D eigenvalue weighted by Gasteiger charge is -2.15. The quantitative estimate of drug-likeness (QED) is 0.765. The van der Waals surface area contributed by atoms with Gasteiger partial charge in [0.15, 0.2) is 5.82 Å². The van der Waals surface area contributed by atoms with Gasteiger partial charge in [-0.1, -0.05) is 32.9 Å². The van der Waals surface area contributed by atoms with Gasteiger partial charge in [-0.2, -0.15) is 0 Å². The lowest BCUT2D eigenvalue weighted by molar-refractivity contribution is 0.237. The van der Waals surface area contributed by atoms with Crippen LogP contribution in [0.25, 0.3) is 0 Å². The van der Waals surface area contributed by atoms with Crippen molar-refractivity contribution < 1.29 is 14.4 Å². The van der Waals surface area contributed by atoms with Crippen molar-refractivity contribution in [2.24, 2.45) is 0 Å². The molecule has 1 rings (SSSR count). The van der Waals surface area contributed by atoms with Crippen LogP contribution in [0.1, 0.15) is 46.3 Å². The first-order valence-corrected chi connectivity index (χ1v) is 6.52. The van der Waals surface area contributed by atoms with Gasteiger partial charge in [0.05, 0.1) is 0 Å². The Kier molecular flexibility index (Phi) is 5.35. The zero-order valence-electron chi connectivity index (χ0n) is 12.0. The highest BCUT2D eigenvalue weighted by Gasteiger charge is 2.20. The van der Waals surface area contributed by atoms with Crippen molar-refractivity contribution in [2.75, 3.05) is 11.9 Å². The van der Waals surface area contributed by atoms with Crippen molar-refractivity contribution >= 4 is 11.8 Å². The first kappa shape index (κ1) is 15.5. The van der Waals surface area contributed by atoms with Crippen LogP contribution in [0, 0.1) is 0 Å². The molecule has 2 amide bonds. The summed E-state index contributed by atoms with van der Waals surface area (Å²) in [6.45, 7) is 8.02. The van der Waals surface area contributed by atoms with Crippen LogP contribution < -0.4 is 10.6 Å². The van der Waals surface area contributed by atoms with Crippen LogP contribution in [0.3, 0.4) is 0 Å². The second-order valence-corrected chi connectivity index (χ2v) is 5.54. The Morgan fingerprint density at radius 2 is 2.21 bits per heavy atom. The highest BCUT2D eigenvalue weighted by molar-refractivity contribution is 5.88. The summed E-state index contributed by atoms with van der Waals surface area (Å²) in [5.74, 6) is 1.10. The Labute approximate surface area is 113 Å². The number of hydrogen-bond acceptors (Lipinski definition) is 4. The van der Waals surface area contributed by atoms with Crippen LogP contribution in [-0.2, 0) is 5.41 Å². The maximum atomic E-state index is 11.7. The van der Waals surface area contributed by atoms with Crippen LogP contribution in [-0.4, -0.2) is 28.9 Å². The number of carbonyl (C=O) groups excluding carboxylic acids is 1. The molecule has 3 N–H and O–H groups in total. The Balaban J connectivity index is 2.55. The lowest BCUT2D eigenvalue weighted by atomic mass is 9.93. The number of hydrogen-bond donors (Lipinski definition) is 3. The van der Waals surface area contributed by atoms with E-state index in [0.29, 0.717) is 18.0 Å². The number of aromatic nitrogens is 1. The Morgan fingerprint density at radius 3 is 2.68 bits per heavy atom. The minimum Gasteiger partial charge on any atom is -0.396 e. The molecule has 0 saturated carbocycles. The summed E-state index contributed by atoms with van der Waals surface area (Å²) in [4.78, 5) is 11.7. The minimum absolute atomic E-state index is 0.0426. The van der Waals surface area contributed by atoms with Crippen molar-refractivity contribution in [3.8, 4) is 0 Å². The highest BCUT2D eigenvalue weighted by atomic mass is 16.5. The summed E-state index contributed by atoms with van der Waals surface area (Å²) >= 11 is 0. The van der Waals surface area contributed by atoms with Crippen molar-refractivity contribution in [1.82, 2.24) is 10.5 Å². The monoisotopic (exact) mass is 269 g/mol. The molecule has 19 heavy (non-hydrogen) atoms. The van der Waals surface area contributed by atoms with Crippen molar-refractivity contribution in [3.63, 3.8) is 0 Å². The molecule has 0 aromatic carbocycles. The van der Waals surface area contributed by atoms with Crippen molar-refractivity contribution in [1.29, 1.82) is 0 Å². The fourth-order valence-corrected chi connectivity index (χ4v) is 1.56. The maximum absolute atomic E-state index is 11.7. The second kappa shape index (κ2) is 6.56. The molecule has 1 atom stereocenters. The van der Waals surface area contributed by atoms with Gasteiger partial charge in [-0.3, -0.25) is 5.32 Å². The van der Waals surface area contributed by atoms with Crippen LogP contribution >= 0.6 is 0 Å². The third-order valence-corrected chi connectivity index (χ3v) is 2.80. The molecule has 0 bridgehead atoms. The molecule has 0 aliphatic carbocycles. The molecule has 6 nitrogen and oxygen atoms in total. The van der Waals surface area contributed by atoms with Gasteiger partial charge in [0.1, 0.15) is 5.76 Å². The van der Waals surface area contributed by atoms with Gasteiger partial charge in [0.2, 0.25) is 0 Å². The van der Waals surface area contributed by atoms with Gasteiger partial charge in [-0.25, -0.2) is 4.79 Å². The number of urea groups is 1. The van der Waals surface area contributed by atoms with Gasteiger partial charge < -0.3 is 14.9 Å². The standard InChI is InChI=1S/C13H23N3O3/c1-5-9(6-7-17)14-12(18)15-11-8-10(19-16-11)13(2,3)4/h8-9,17H,5-7H2,1-4H3,(H2,14,15,16,18). The van der Waals surface area contributed by atoms with Crippen LogP contribution in [0.5, 0.6) is 0 Å². The normalized spacial score (nSPS) is 13.1. The number of amides is 2. The molecule has 6 heteroatoms. The van der Waals surface area contributed by atoms with Gasteiger partial charge in [-0.15, -0.1) is 0 Å². The van der Waals surface area contributed by atoms with E-state index in [4.69, 9.17) is 9.63 Å². The number of aliphatic hydroxyl groups excluding tert-OH is 1. The molecule has 108 valence electrons. The molecule has 0 fully saturated rings. The fourth-order valence-electron chi connectivity index (χ4n) is 1.56. The maximum Gasteiger partial charge on any atom is 0.320 e. The molecule has 0 saturated heterocycles. The fraction of sp³-hybridized carbons (Fsp3) is 0.692. The van der Waals surface area contributed by atoms with Crippen molar-refractivity contribution in [3.05, 3.63) is 11.8 Å². The van der Waals surface area contributed by atoms with Crippen LogP contribution in [0.15, 0.2) is 10.6 Å². The molecule has 1 heterocycles. The van der Waals surface area contributed by atoms with Crippen LogP contribution in [0.4, 0.5) is 10.6 Å². The summed E-state index contributed by atoms with van der Waals surface area (Å²) in [6.07, 6.45) is 1.30. The van der Waals surface area contributed by atoms with Gasteiger partial charge in [0, 0.05) is 24.1 Å². The summed E-state index contributed by atoms with van der Waals surface area (Å²) < 4.78 is 5.18. The van der Waals surface area contributed by atoms with E-state index in [1.165, 1.54) is 0 Å². The molecule has 0 radical (unpaired) electrons. The zero-order chi connectivity index (χ0) is 14.5. The minimum atomic E-state index is -0.339. The Morgan fingerprint density at radius 1 is 1.53 bits per heavy atom. The van der Waals surface area contributed by atoms with E-state index < -0.39 is 0 Å². The van der Waals surface area contributed by atoms with Crippen molar-refractivity contribution in [2.45, 2.75) is 52.0 Å². The predicted molar refractivity (Wildman–Crippen MR) is 73.1 cm³/mol. The summed E-state index contributed by atoms with van der Waals surface area (Å²) in [6, 6.07) is 1.33. The smallest absolute Gasteiger partial charge is 0.320 e. The summed E-state index contributed by atoms with van der Waals surface area (Å²) in [5.41, 5.74) is -0.147. The summed E-state index contributed by atoms with van der Waals surface area (Å²) in [7, 11) is 0. The van der Waals surface area contributed by atoms with E-state index in [1.807, 2.05) is 27.7 Å². The van der Waals surface area contributed by atoms with E-state index in [2.05, 4.69) is 15.8 Å². The van der Waals surface area contributed by atoms with E-state index >= 15 is 0 Å². The number of nitrogens with zero attached hydrogens (tertiary/aromatic N) is 1. The zero-order valence-corrected chi connectivity index (χ0v) is 12.0. The number of anilines is 1. The molecular formula is C13H23N3O3. The van der Waals surface area contributed by atoms with Gasteiger partial charge >= 0.3 is 6.03 Å². The molecule has 1 aromatic rings. The number of aliphatic hydroxyl groups is 1. The number of rotatable bonds is 5. The average molecular weight is 269 g/mol. The first-order valence-electron chi connectivity index (χ1n) is 6.52. The molecular weight excluding hydrogens is 246 g/mol. The Hall–Kier alpha value is -1.56. The third kappa shape index (κ3) is 4.90. The largest absolute Gasteiger partial charge is 0.396 e. The molecule has 1 unspecified atom stereocenters. The molecule has 0 aliphatic heterocycles. The van der Waals surface area contributed by atoms with E-state index in [0.717, 1.165) is 6.42 Å². The molecule has 0 spiro atoms. The van der Waals surface area contributed by atoms with Gasteiger partial charge in [0.25, 0.3) is 0 Å². The Bertz CT molecular complexity index is 410. The molecule has 0 aliphatic rings. The van der Waals surface area contributed by atoms with Gasteiger partial charge in [-0.05, 0) is 12.8 Å². The number of carbonyl (C=O) groups is 1. The highest BCUT2D eigenvalue weighted by Crippen LogP contribution is 2.24. The van der Waals surface area contributed by atoms with Crippen LogP contribution in [0.2, 0.25) is 0 Å². The van der Waals surface area contributed by atoms with E-state index in [-0.39, 0.29) is 24.1 Å². The lowest BCUT2D eigenvalue weighted by Crippen LogP contribution is -2.38. The first-order chi connectivity index (χ1) is 8.86. The summed E-state index contributed by atoms with van der Waals surface area (Å²) in [5, 5.41) is 18.1. The SMILES string of the molecule is CCC(CCO)NC(=O)Nc1cc(C(C)(C)C)on1. The molecule has 1 aromatic heterocycles.